The molecule has 37 heavy (non-hydrogen) atoms. The number of imide groups is 2. The van der Waals surface area contributed by atoms with Gasteiger partial charge in [0.15, 0.2) is 11.5 Å². The largest absolute Gasteiger partial charge is 0.490 e. The Morgan fingerprint density at radius 3 is 2.35 bits per heavy atom. The Kier molecular flexibility index (Phi) is 8.44. The number of hydrogen-bond donors (Lipinski definition) is 1. The van der Waals surface area contributed by atoms with Crippen LogP contribution in [0.3, 0.4) is 0 Å². The number of nitrogens with zero attached hydrogens (tertiary/aromatic N) is 1. The average Bonchev–Trinajstić information content (AvgIpc) is 2.84. The van der Waals surface area contributed by atoms with Gasteiger partial charge in [0.1, 0.15) is 12.2 Å². The van der Waals surface area contributed by atoms with E-state index in [1.54, 1.807) is 42.5 Å². The standard InChI is InChI=1S/C26H18BrCl3N2O5/c1-2-36-22-12-15(10-19(27)23(22)37-13-14-3-8-20(29)21(30)11-14)9-18-24(33)31-26(35)32(25(18)34)17-6-4-16(28)5-7-17/h3-12H,2,13H2,1H3,(H,31,33,35)/b18-9+. The van der Waals surface area contributed by atoms with Crippen molar-refractivity contribution in [1.29, 1.82) is 0 Å². The molecule has 3 aromatic rings. The first-order chi connectivity index (χ1) is 17.7. The summed E-state index contributed by atoms with van der Waals surface area (Å²) in [6, 6.07) is 13.7. The van der Waals surface area contributed by atoms with Gasteiger partial charge in [-0.3, -0.25) is 14.9 Å². The number of amides is 4. The fraction of sp³-hybridized carbons (Fsp3) is 0.115. The SMILES string of the molecule is CCOc1cc(/C=C2\C(=O)NC(=O)N(c3ccc(Cl)cc3)C2=O)cc(Br)c1OCc1ccc(Cl)c(Cl)c1. The van der Waals surface area contributed by atoms with Crippen molar-refractivity contribution in [3.05, 3.63) is 90.8 Å². The van der Waals surface area contributed by atoms with E-state index in [0.29, 0.717) is 43.2 Å². The summed E-state index contributed by atoms with van der Waals surface area (Å²) in [5.74, 6) is -0.773. The summed E-state index contributed by atoms with van der Waals surface area (Å²) < 4.78 is 12.3. The summed E-state index contributed by atoms with van der Waals surface area (Å²) in [7, 11) is 0. The van der Waals surface area contributed by atoms with Gasteiger partial charge in [0.25, 0.3) is 11.8 Å². The number of benzene rings is 3. The number of halogens is 4. The van der Waals surface area contributed by atoms with E-state index in [-0.39, 0.29) is 17.9 Å². The molecule has 0 spiro atoms. The van der Waals surface area contributed by atoms with Crippen molar-refractivity contribution in [2.45, 2.75) is 13.5 Å². The van der Waals surface area contributed by atoms with Crippen LogP contribution in [0.1, 0.15) is 18.1 Å². The number of carbonyl (C=O) groups is 3. The molecule has 1 N–H and O–H groups in total. The smallest absolute Gasteiger partial charge is 0.335 e. The van der Waals surface area contributed by atoms with Gasteiger partial charge in [-0.1, -0.05) is 40.9 Å². The van der Waals surface area contributed by atoms with Crippen molar-refractivity contribution in [1.82, 2.24) is 5.32 Å². The van der Waals surface area contributed by atoms with Gasteiger partial charge in [0, 0.05) is 5.02 Å². The van der Waals surface area contributed by atoms with Gasteiger partial charge in [-0.15, -0.1) is 0 Å². The molecule has 4 rings (SSSR count). The van der Waals surface area contributed by atoms with E-state index in [0.717, 1.165) is 10.5 Å². The number of barbiturate groups is 1. The monoisotopic (exact) mass is 622 g/mol. The molecule has 1 saturated heterocycles. The summed E-state index contributed by atoms with van der Waals surface area (Å²) in [5.41, 5.74) is 1.31. The minimum atomic E-state index is -0.850. The first kappa shape index (κ1) is 27.0. The summed E-state index contributed by atoms with van der Waals surface area (Å²) in [4.78, 5) is 39.0. The molecule has 0 unspecified atom stereocenters. The Hall–Kier alpha value is -3.04. The molecule has 190 valence electrons. The summed E-state index contributed by atoms with van der Waals surface area (Å²) >= 11 is 21.5. The molecule has 1 heterocycles. The van der Waals surface area contributed by atoms with Gasteiger partial charge in [-0.05, 0) is 88.6 Å². The maximum atomic E-state index is 13.2. The van der Waals surface area contributed by atoms with Gasteiger partial charge in [-0.2, -0.15) is 0 Å². The van der Waals surface area contributed by atoms with Crippen LogP contribution in [0, 0.1) is 0 Å². The van der Waals surface area contributed by atoms with Crippen molar-refractivity contribution in [3.8, 4) is 11.5 Å². The number of urea groups is 1. The van der Waals surface area contributed by atoms with Crippen LogP contribution in [0.4, 0.5) is 10.5 Å². The molecule has 11 heteroatoms. The third-order valence-corrected chi connectivity index (χ3v) is 6.78. The van der Waals surface area contributed by atoms with Crippen LogP contribution in [0.2, 0.25) is 15.1 Å². The van der Waals surface area contributed by atoms with E-state index in [9.17, 15) is 14.4 Å². The number of anilines is 1. The average molecular weight is 625 g/mol. The minimum absolute atomic E-state index is 0.190. The molecule has 0 aromatic heterocycles. The second-order valence-corrected chi connectivity index (χ2v) is 9.84. The molecule has 3 aromatic carbocycles. The van der Waals surface area contributed by atoms with Crippen molar-refractivity contribution >= 4 is 80.3 Å². The topological polar surface area (TPSA) is 84.9 Å². The van der Waals surface area contributed by atoms with Crippen molar-refractivity contribution < 1.29 is 23.9 Å². The highest BCUT2D eigenvalue weighted by atomic mass is 79.9. The molecular formula is C26H18BrCl3N2O5. The molecule has 0 bridgehead atoms. The van der Waals surface area contributed by atoms with Crippen LogP contribution >= 0.6 is 50.7 Å². The Balaban J connectivity index is 1.65. The van der Waals surface area contributed by atoms with E-state index < -0.39 is 17.8 Å². The Bertz CT molecular complexity index is 1430. The lowest BCUT2D eigenvalue weighted by Crippen LogP contribution is -2.54. The third-order valence-electron chi connectivity index (χ3n) is 5.20. The maximum absolute atomic E-state index is 13.2. The quantitative estimate of drug-likeness (QED) is 0.225. The molecule has 0 aliphatic carbocycles. The first-order valence-electron chi connectivity index (χ1n) is 10.9. The predicted octanol–water partition coefficient (Wildman–Crippen LogP) is 7.05. The van der Waals surface area contributed by atoms with Gasteiger partial charge in [0.05, 0.1) is 26.8 Å². The minimum Gasteiger partial charge on any atom is -0.490 e. The Morgan fingerprint density at radius 2 is 1.68 bits per heavy atom. The molecule has 1 aliphatic heterocycles. The summed E-state index contributed by atoms with van der Waals surface area (Å²) in [6.45, 7) is 2.35. The van der Waals surface area contributed by atoms with E-state index >= 15 is 0 Å². The van der Waals surface area contributed by atoms with Crippen LogP contribution in [0.15, 0.2) is 64.6 Å². The van der Waals surface area contributed by atoms with E-state index in [2.05, 4.69) is 21.2 Å². The summed E-state index contributed by atoms with van der Waals surface area (Å²) in [5, 5.41) is 3.49. The molecule has 1 aliphatic rings. The van der Waals surface area contributed by atoms with Crippen molar-refractivity contribution in [3.63, 3.8) is 0 Å². The Morgan fingerprint density at radius 1 is 0.946 bits per heavy atom. The van der Waals surface area contributed by atoms with Gasteiger partial charge in [0.2, 0.25) is 0 Å². The normalized spacial score (nSPS) is 14.7. The molecule has 7 nitrogen and oxygen atoms in total. The summed E-state index contributed by atoms with van der Waals surface area (Å²) in [6.07, 6.45) is 1.38. The van der Waals surface area contributed by atoms with Crippen LogP contribution in [0.5, 0.6) is 11.5 Å². The zero-order chi connectivity index (χ0) is 26.7. The van der Waals surface area contributed by atoms with Crippen molar-refractivity contribution in [2.75, 3.05) is 11.5 Å². The zero-order valence-electron chi connectivity index (χ0n) is 19.2. The van der Waals surface area contributed by atoms with E-state index in [1.807, 2.05) is 6.92 Å². The van der Waals surface area contributed by atoms with Crippen LogP contribution in [0.25, 0.3) is 6.08 Å². The number of nitrogens with one attached hydrogen (secondary N) is 1. The van der Waals surface area contributed by atoms with E-state index in [1.165, 1.54) is 18.2 Å². The molecule has 0 saturated carbocycles. The van der Waals surface area contributed by atoms with Crippen molar-refractivity contribution in [2.24, 2.45) is 0 Å². The molecule has 1 fully saturated rings. The lowest BCUT2D eigenvalue weighted by Gasteiger charge is -2.26. The van der Waals surface area contributed by atoms with Crippen LogP contribution < -0.4 is 19.7 Å². The van der Waals surface area contributed by atoms with E-state index in [4.69, 9.17) is 44.3 Å². The second kappa shape index (κ2) is 11.6. The molecular weight excluding hydrogens is 607 g/mol. The first-order valence-corrected chi connectivity index (χ1v) is 12.8. The van der Waals surface area contributed by atoms with Gasteiger partial charge >= 0.3 is 6.03 Å². The second-order valence-electron chi connectivity index (χ2n) is 7.73. The zero-order valence-corrected chi connectivity index (χ0v) is 23.0. The fourth-order valence-corrected chi connectivity index (χ4v) is 4.53. The number of rotatable bonds is 7. The highest BCUT2D eigenvalue weighted by Crippen LogP contribution is 2.38. The lowest BCUT2D eigenvalue weighted by molar-refractivity contribution is -0.122. The Labute approximate surface area is 236 Å². The van der Waals surface area contributed by atoms with Crippen LogP contribution in [-0.2, 0) is 16.2 Å². The number of ether oxygens (including phenoxy) is 2. The highest BCUT2D eigenvalue weighted by Gasteiger charge is 2.36. The third kappa shape index (κ3) is 6.10. The number of hydrogen-bond acceptors (Lipinski definition) is 5. The van der Waals surface area contributed by atoms with Crippen LogP contribution in [-0.4, -0.2) is 24.5 Å². The fourth-order valence-electron chi connectivity index (χ4n) is 3.51. The molecule has 0 atom stereocenters. The predicted molar refractivity (Wildman–Crippen MR) is 147 cm³/mol. The molecule has 4 amide bonds. The van der Waals surface area contributed by atoms with Gasteiger partial charge < -0.3 is 9.47 Å². The maximum Gasteiger partial charge on any atom is 0.335 e. The number of carbonyl (C=O) groups excluding carboxylic acids is 3. The molecule has 0 radical (unpaired) electrons. The van der Waals surface area contributed by atoms with Gasteiger partial charge in [-0.25, -0.2) is 9.69 Å². The highest BCUT2D eigenvalue weighted by molar-refractivity contribution is 9.10. The lowest BCUT2D eigenvalue weighted by atomic mass is 10.1.